The van der Waals surface area contributed by atoms with Crippen LogP contribution in [-0.2, 0) is 7.05 Å². The van der Waals surface area contributed by atoms with Crippen molar-refractivity contribution in [3.05, 3.63) is 85.2 Å². The van der Waals surface area contributed by atoms with Crippen LogP contribution >= 0.6 is 0 Å². The number of rotatable bonds is 1. The van der Waals surface area contributed by atoms with Crippen molar-refractivity contribution in [1.82, 2.24) is 19.5 Å². The Kier molecular flexibility index (Phi) is 3.13. The molecule has 3 aromatic rings. The van der Waals surface area contributed by atoms with Crippen LogP contribution in [0, 0.1) is 6.92 Å². The molecule has 0 fully saturated rings. The minimum absolute atomic E-state index is 0.341. The second-order valence-electron chi connectivity index (χ2n) is 5.97. The van der Waals surface area contributed by atoms with Crippen LogP contribution in [-0.4, -0.2) is 19.5 Å². The van der Waals surface area contributed by atoms with E-state index in [9.17, 15) is 9.59 Å². The SMILES string of the molecule is Cc1nc2c([nH]1)C=Cc1ccccc1C2c1cn(C)c(=O)[nH]c1=O. The average Bonchev–Trinajstić information content (AvgIpc) is 2.85. The maximum absolute atomic E-state index is 12.5. The van der Waals surface area contributed by atoms with Crippen LogP contribution in [0.4, 0.5) is 0 Å². The fourth-order valence-corrected chi connectivity index (χ4v) is 3.22. The Morgan fingerprint density at radius 1 is 1.08 bits per heavy atom. The zero-order valence-corrected chi connectivity index (χ0v) is 13.3. The lowest BCUT2D eigenvalue weighted by molar-refractivity contribution is 0.760. The maximum Gasteiger partial charge on any atom is 0.328 e. The summed E-state index contributed by atoms with van der Waals surface area (Å²) in [6.07, 6.45) is 5.59. The molecule has 4 rings (SSSR count). The maximum atomic E-state index is 12.5. The monoisotopic (exact) mass is 320 g/mol. The summed E-state index contributed by atoms with van der Waals surface area (Å²) in [4.78, 5) is 34.5. The highest BCUT2D eigenvalue weighted by atomic mass is 16.2. The number of nitrogens with one attached hydrogen (secondary N) is 2. The van der Waals surface area contributed by atoms with Crippen LogP contribution in [0.15, 0.2) is 40.1 Å². The number of H-pyrrole nitrogens is 2. The first-order valence-corrected chi connectivity index (χ1v) is 7.68. The number of hydrogen-bond donors (Lipinski definition) is 2. The summed E-state index contributed by atoms with van der Waals surface area (Å²) in [6.45, 7) is 1.89. The van der Waals surface area contributed by atoms with Crippen molar-refractivity contribution >= 4 is 12.2 Å². The highest BCUT2D eigenvalue weighted by Crippen LogP contribution is 2.36. The van der Waals surface area contributed by atoms with Gasteiger partial charge in [-0.3, -0.25) is 9.78 Å². The van der Waals surface area contributed by atoms with Gasteiger partial charge in [0.15, 0.2) is 0 Å². The first-order valence-electron chi connectivity index (χ1n) is 7.68. The first-order chi connectivity index (χ1) is 11.5. The Balaban J connectivity index is 2.07. The molecule has 2 N–H and O–H groups in total. The van der Waals surface area contributed by atoms with Gasteiger partial charge in [0.05, 0.1) is 17.3 Å². The third-order valence-electron chi connectivity index (χ3n) is 4.34. The molecule has 0 amide bonds. The Morgan fingerprint density at radius 3 is 2.71 bits per heavy atom. The minimum atomic E-state index is -0.429. The summed E-state index contributed by atoms with van der Waals surface area (Å²) in [5, 5.41) is 0. The molecule has 1 aliphatic carbocycles. The molecular formula is C18H16N4O2. The van der Waals surface area contributed by atoms with E-state index in [4.69, 9.17) is 0 Å². The molecule has 24 heavy (non-hydrogen) atoms. The van der Waals surface area contributed by atoms with Gasteiger partial charge in [-0.25, -0.2) is 9.78 Å². The quantitative estimate of drug-likeness (QED) is 0.560. The molecule has 0 saturated carbocycles. The highest BCUT2D eigenvalue weighted by molar-refractivity contribution is 5.75. The summed E-state index contributed by atoms with van der Waals surface area (Å²) < 4.78 is 1.39. The lowest BCUT2D eigenvalue weighted by atomic mass is 9.87. The Bertz CT molecular complexity index is 1080. The minimum Gasteiger partial charge on any atom is -0.342 e. The van der Waals surface area contributed by atoms with Crippen molar-refractivity contribution < 1.29 is 0 Å². The normalized spacial score (nSPS) is 15.7. The molecule has 1 aromatic carbocycles. The summed E-state index contributed by atoms with van der Waals surface area (Å²) in [5.74, 6) is 0.446. The van der Waals surface area contributed by atoms with Crippen LogP contribution in [0.25, 0.3) is 12.2 Å². The number of benzene rings is 1. The molecular weight excluding hydrogens is 304 g/mol. The van der Waals surface area contributed by atoms with Crippen molar-refractivity contribution in [3.8, 4) is 0 Å². The molecule has 2 heterocycles. The third-order valence-corrected chi connectivity index (χ3v) is 4.34. The van der Waals surface area contributed by atoms with Gasteiger partial charge in [-0.2, -0.15) is 0 Å². The number of aromatic amines is 2. The van der Waals surface area contributed by atoms with Gasteiger partial charge in [-0.1, -0.05) is 30.3 Å². The zero-order chi connectivity index (χ0) is 16.8. The number of fused-ring (bicyclic) bond motifs is 2. The number of imidazole rings is 1. The van der Waals surface area contributed by atoms with Crippen molar-refractivity contribution in [2.75, 3.05) is 0 Å². The van der Waals surface area contributed by atoms with Crippen LogP contribution in [0.2, 0.25) is 0 Å². The average molecular weight is 320 g/mol. The van der Waals surface area contributed by atoms with Crippen LogP contribution in [0.5, 0.6) is 0 Å². The zero-order valence-electron chi connectivity index (χ0n) is 13.3. The molecule has 6 nitrogen and oxygen atoms in total. The largest absolute Gasteiger partial charge is 0.342 e. The van der Waals surface area contributed by atoms with Crippen LogP contribution < -0.4 is 11.2 Å². The number of aromatic nitrogens is 4. The summed E-state index contributed by atoms with van der Waals surface area (Å²) in [7, 11) is 1.62. The standard InChI is InChI=1S/C18H16N4O2/c1-10-19-14-8-7-11-5-3-4-6-12(11)15(16(14)20-10)13-9-22(2)18(24)21-17(13)23/h3-9,15H,1-2H3,(H,19,20)(H,21,23,24). The van der Waals surface area contributed by atoms with E-state index in [2.05, 4.69) is 15.0 Å². The van der Waals surface area contributed by atoms with Crippen molar-refractivity contribution in [1.29, 1.82) is 0 Å². The van der Waals surface area contributed by atoms with Gasteiger partial charge in [-0.15, -0.1) is 0 Å². The Morgan fingerprint density at radius 2 is 1.88 bits per heavy atom. The number of nitrogens with zero attached hydrogens (tertiary/aromatic N) is 2. The predicted octanol–water partition coefficient (Wildman–Crippen LogP) is 1.77. The van der Waals surface area contributed by atoms with Gasteiger partial charge in [0.1, 0.15) is 5.82 Å². The van der Waals surface area contributed by atoms with Crippen LogP contribution in [0.3, 0.4) is 0 Å². The summed E-state index contributed by atoms with van der Waals surface area (Å²) in [6, 6.07) is 7.91. The van der Waals surface area contributed by atoms with E-state index < -0.39 is 5.69 Å². The molecule has 6 heteroatoms. The molecule has 0 spiro atoms. The Labute approximate surface area is 137 Å². The fraction of sp³-hybridized carbons (Fsp3) is 0.167. The van der Waals surface area contributed by atoms with E-state index in [1.807, 2.05) is 43.3 Å². The van der Waals surface area contributed by atoms with E-state index >= 15 is 0 Å². The van der Waals surface area contributed by atoms with Crippen molar-refractivity contribution in [2.24, 2.45) is 7.05 Å². The van der Waals surface area contributed by atoms with Gasteiger partial charge in [0, 0.05) is 18.8 Å². The fourth-order valence-electron chi connectivity index (χ4n) is 3.22. The molecule has 1 aliphatic rings. The summed E-state index contributed by atoms with van der Waals surface area (Å²) in [5.41, 5.74) is 3.37. The number of aryl methyl sites for hydroxylation is 2. The van der Waals surface area contributed by atoms with Gasteiger partial charge in [0.2, 0.25) is 0 Å². The molecule has 2 aromatic heterocycles. The lowest BCUT2D eigenvalue weighted by Gasteiger charge is -2.17. The smallest absolute Gasteiger partial charge is 0.328 e. The lowest BCUT2D eigenvalue weighted by Crippen LogP contribution is -2.32. The second-order valence-corrected chi connectivity index (χ2v) is 5.97. The Hall–Kier alpha value is -3.15. The predicted molar refractivity (Wildman–Crippen MR) is 91.9 cm³/mol. The van der Waals surface area contributed by atoms with Crippen molar-refractivity contribution in [2.45, 2.75) is 12.8 Å². The molecule has 0 aliphatic heterocycles. The van der Waals surface area contributed by atoms with Gasteiger partial charge in [-0.05, 0) is 24.1 Å². The van der Waals surface area contributed by atoms with Crippen molar-refractivity contribution in [3.63, 3.8) is 0 Å². The summed E-state index contributed by atoms with van der Waals surface area (Å²) >= 11 is 0. The van der Waals surface area contributed by atoms with E-state index in [1.165, 1.54) is 4.57 Å². The highest BCUT2D eigenvalue weighted by Gasteiger charge is 2.28. The van der Waals surface area contributed by atoms with E-state index in [1.54, 1.807) is 13.2 Å². The first kappa shape index (κ1) is 14.4. The molecule has 0 saturated heterocycles. The van der Waals surface area contributed by atoms with E-state index in [-0.39, 0.29) is 11.5 Å². The molecule has 0 bridgehead atoms. The van der Waals surface area contributed by atoms with E-state index in [0.717, 1.165) is 28.3 Å². The number of hydrogen-bond acceptors (Lipinski definition) is 3. The second kappa shape index (κ2) is 5.19. The van der Waals surface area contributed by atoms with Gasteiger partial charge >= 0.3 is 5.69 Å². The molecule has 0 radical (unpaired) electrons. The molecule has 120 valence electrons. The van der Waals surface area contributed by atoms with E-state index in [0.29, 0.717) is 5.56 Å². The van der Waals surface area contributed by atoms with Gasteiger partial charge in [0.25, 0.3) is 5.56 Å². The van der Waals surface area contributed by atoms with Crippen LogP contribution in [0.1, 0.15) is 39.8 Å². The topological polar surface area (TPSA) is 83.5 Å². The van der Waals surface area contributed by atoms with Gasteiger partial charge < -0.3 is 9.55 Å². The molecule has 1 unspecified atom stereocenters. The molecule has 1 atom stereocenters. The third kappa shape index (κ3) is 2.15.